The molecule has 2 rings (SSSR count). The second-order valence-electron chi connectivity index (χ2n) is 3.12. The van der Waals surface area contributed by atoms with Crippen molar-refractivity contribution in [2.45, 2.75) is 20.3 Å². The fourth-order valence-corrected chi connectivity index (χ4v) is 1.10. The SMILES string of the molecule is CCC.O=c1ccc2ccccc2[nH]1.[HH]. The first-order valence-corrected chi connectivity index (χ1v) is 4.86. The van der Waals surface area contributed by atoms with Gasteiger partial charge in [-0.1, -0.05) is 38.5 Å². The van der Waals surface area contributed by atoms with E-state index in [9.17, 15) is 4.79 Å². The van der Waals surface area contributed by atoms with E-state index >= 15 is 0 Å². The minimum atomic E-state index is -0.0521. The van der Waals surface area contributed by atoms with Crippen LogP contribution in [-0.4, -0.2) is 4.98 Å². The Balaban J connectivity index is 0.000000443. The van der Waals surface area contributed by atoms with Crippen LogP contribution in [0.2, 0.25) is 0 Å². The van der Waals surface area contributed by atoms with E-state index in [-0.39, 0.29) is 6.99 Å². The van der Waals surface area contributed by atoms with Crippen LogP contribution in [0.15, 0.2) is 41.2 Å². The van der Waals surface area contributed by atoms with Crippen molar-refractivity contribution < 1.29 is 1.43 Å². The summed E-state index contributed by atoms with van der Waals surface area (Å²) in [5, 5.41) is 1.06. The molecule has 14 heavy (non-hydrogen) atoms. The van der Waals surface area contributed by atoms with Gasteiger partial charge in [0.15, 0.2) is 0 Å². The Morgan fingerprint density at radius 2 is 1.79 bits per heavy atom. The molecule has 0 aliphatic carbocycles. The van der Waals surface area contributed by atoms with Crippen molar-refractivity contribution in [3.63, 3.8) is 0 Å². The van der Waals surface area contributed by atoms with Gasteiger partial charge in [0.2, 0.25) is 5.56 Å². The van der Waals surface area contributed by atoms with E-state index in [1.54, 1.807) is 0 Å². The molecule has 0 spiro atoms. The summed E-state index contributed by atoms with van der Waals surface area (Å²) >= 11 is 0. The molecule has 2 heteroatoms. The van der Waals surface area contributed by atoms with Crippen LogP contribution in [0.5, 0.6) is 0 Å². The van der Waals surface area contributed by atoms with Crippen molar-refractivity contribution in [2.75, 3.05) is 0 Å². The summed E-state index contributed by atoms with van der Waals surface area (Å²) in [7, 11) is 0. The van der Waals surface area contributed by atoms with Gasteiger partial charge in [-0.05, 0) is 17.5 Å². The van der Waals surface area contributed by atoms with Gasteiger partial charge in [-0.15, -0.1) is 0 Å². The summed E-state index contributed by atoms with van der Waals surface area (Å²) in [6.45, 7) is 4.25. The largest absolute Gasteiger partial charge is 0.322 e. The number of hydrogen-bond donors (Lipinski definition) is 1. The fraction of sp³-hybridized carbons (Fsp3) is 0.250. The number of benzene rings is 1. The Bertz CT molecular complexity index is 450. The molecule has 2 nitrogen and oxygen atoms in total. The molecule has 0 saturated carbocycles. The highest BCUT2D eigenvalue weighted by Gasteiger charge is 1.89. The van der Waals surface area contributed by atoms with Crippen LogP contribution in [0.25, 0.3) is 10.9 Å². The lowest BCUT2D eigenvalue weighted by molar-refractivity contribution is 1.09. The third kappa shape index (κ3) is 2.73. The Kier molecular flexibility index (Phi) is 3.92. The summed E-state index contributed by atoms with van der Waals surface area (Å²) in [4.78, 5) is 13.6. The van der Waals surface area contributed by atoms with E-state index in [1.165, 1.54) is 12.5 Å². The zero-order valence-electron chi connectivity index (χ0n) is 8.58. The zero-order valence-corrected chi connectivity index (χ0v) is 8.58. The first-order valence-electron chi connectivity index (χ1n) is 4.86. The maximum Gasteiger partial charge on any atom is 0.248 e. The van der Waals surface area contributed by atoms with E-state index in [1.807, 2.05) is 30.3 Å². The average Bonchev–Trinajstić information content (AvgIpc) is 2.19. The molecule has 1 N–H and O–H groups in total. The highest BCUT2D eigenvalue weighted by molar-refractivity contribution is 5.77. The van der Waals surface area contributed by atoms with Crippen LogP contribution in [0, 0.1) is 0 Å². The van der Waals surface area contributed by atoms with E-state index in [0.717, 1.165) is 10.9 Å². The molecular formula is C12H17NO. The van der Waals surface area contributed by atoms with Crippen LogP contribution in [0.3, 0.4) is 0 Å². The molecule has 0 amide bonds. The summed E-state index contributed by atoms with van der Waals surface area (Å²) in [6, 6.07) is 11.0. The summed E-state index contributed by atoms with van der Waals surface area (Å²) < 4.78 is 0. The number of pyridine rings is 1. The molecule has 0 atom stereocenters. The molecule has 1 aromatic heterocycles. The molecule has 0 saturated heterocycles. The monoisotopic (exact) mass is 191 g/mol. The first kappa shape index (κ1) is 10.5. The predicted molar refractivity (Wildman–Crippen MR) is 62.6 cm³/mol. The Labute approximate surface area is 85.1 Å². The fourth-order valence-electron chi connectivity index (χ4n) is 1.10. The smallest absolute Gasteiger partial charge is 0.248 e. The molecule has 0 unspecified atom stereocenters. The van der Waals surface area contributed by atoms with Gasteiger partial charge in [0.05, 0.1) is 0 Å². The standard InChI is InChI=1S/C9H7NO.C3H8.H2/c11-9-6-5-7-3-1-2-4-8(7)10-9;1-3-2;/h1-6H,(H,10,11);3H2,1-2H3;1H. The van der Waals surface area contributed by atoms with Crippen LogP contribution in [-0.2, 0) is 0 Å². The van der Waals surface area contributed by atoms with Gasteiger partial charge in [-0.2, -0.15) is 0 Å². The number of nitrogens with one attached hydrogen (secondary N) is 1. The molecule has 0 aliphatic heterocycles. The van der Waals surface area contributed by atoms with Crippen LogP contribution in [0.1, 0.15) is 21.7 Å². The third-order valence-electron chi connectivity index (χ3n) is 1.63. The number of aromatic nitrogens is 1. The quantitative estimate of drug-likeness (QED) is 0.681. The van der Waals surface area contributed by atoms with Crippen molar-refractivity contribution in [1.82, 2.24) is 4.98 Å². The molecule has 1 heterocycles. The summed E-state index contributed by atoms with van der Waals surface area (Å²) in [5.74, 6) is 0. The van der Waals surface area contributed by atoms with Gasteiger partial charge in [-0.25, -0.2) is 0 Å². The van der Waals surface area contributed by atoms with Gasteiger partial charge >= 0.3 is 0 Å². The van der Waals surface area contributed by atoms with Crippen molar-refractivity contribution >= 4 is 10.9 Å². The molecule has 0 aliphatic rings. The van der Waals surface area contributed by atoms with Crippen molar-refractivity contribution in [2.24, 2.45) is 0 Å². The van der Waals surface area contributed by atoms with Crippen molar-refractivity contribution in [1.29, 1.82) is 0 Å². The number of para-hydroxylation sites is 1. The third-order valence-corrected chi connectivity index (χ3v) is 1.63. The van der Waals surface area contributed by atoms with E-state index in [2.05, 4.69) is 18.8 Å². The lowest BCUT2D eigenvalue weighted by atomic mass is 10.2. The molecule has 1 aromatic carbocycles. The minimum absolute atomic E-state index is 0. The minimum Gasteiger partial charge on any atom is -0.322 e. The highest BCUT2D eigenvalue weighted by Crippen LogP contribution is 2.06. The summed E-state index contributed by atoms with van der Waals surface area (Å²) in [5.41, 5.74) is 0.837. The molecule has 0 bridgehead atoms. The van der Waals surface area contributed by atoms with E-state index in [0.29, 0.717) is 0 Å². The molecular weight excluding hydrogens is 174 g/mol. The normalized spacial score (nSPS) is 9.29. The number of fused-ring (bicyclic) bond motifs is 1. The molecule has 2 aromatic rings. The van der Waals surface area contributed by atoms with Crippen molar-refractivity contribution in [3.8, 4) is 0 Å². The topological polar surface area (TPSA) is 32.9 Å². The van der Waals surface area contributed by atoms with E-state index < -0.39 is 0 Å². The van der Waals surface area contributed by atoms with Gasteiger partial charge in [0.1, 0.15) is 0 Å². The van der Waals surface area contributed by atoms with Crippen molar-refractivity contribution in [3.05, 3.63) is 46.8 Å². The predicted octanol–water partition coefficient (Wildman–Crippen LogP) is 3.19. The van der Waals surface area contributed by atoms with Gasteiger partial charge < -0.3 is 4.98 Å². The molecule has 0 radical (unpaired) electrons. The Morgan fingerprint density at radius 1 is 1.14 bits per heavy atom. The Hall–Kier alpha value is -1.57. The zero-order chi connectivity index (χ0) is 10.4. The molecule has 0 fully saturated rings. The number of aromatic amines is 1. The van der Waals surface area contributed by atoms with Gasteiger partial charge in [-0.3, -0.25) is 4.79 Å². The number of rotatable bonds is 0. The second-order valence-corrected chi connectivity index (χ2v) is 3.12. The maximum atomic E-state index is 10.8. The molecule has 76 valence electrons. The van der Waals surface area contributed by atoms with Crippen LogP contribution in [0.4, 0.5) is 0 Å². The summed E-state index contributed by atoms with van der Waals surface area (Å²) in [6.07, 6.45) is 1.25. The second kappa shape index (κ2) is 5.22. The van der Waals surface area contributed by atoms with Gasteiger partial charge in [0, 0.05) is 13.0 Å². The first-order chi connectivity index (χ1) is 6.77. The number of hydrogen-bond acceptors (Lipinski definition) is 1. The maximum absolute atomic E-state index is 10.8. The van der Waals surface area contributed by atoms with E-state index in [4.69, 9.17) is 0 Å². The number of H-pyrrole nitrogens is 1. The van der Waals surface area contributed by atoms with Crippen LogP contribution >= 0.6 is 0 Å². The highest BCUT2D eigenvalue weighted by atomic mass is 16.1. The lowest BCUT2D eigenvalue weighted by Crippen LogP contribution is -2.01. The lowest BCUT2D eigenvalue weighted by Gasteiger charge is -1.93. The van der Waals surface area contributed by atoms with Crippen LogP contribution < -0.4 is 5.56 Å². The average molecular weight is 191 g/mol. The Morgan fingerprint density at radius 3 is 2.50 bits per heavy atom. The van der Waals surface area contributed by atoms with Gasteiger partial charge in [0.25, 0.3) is 0 Å².